The molecule has 2 aliphatic rings. The van der Waals surface area contributed by atoms with Crippen LogP contribution in [0.1, 0.15) is 25.7 Å². The molecule has 1 saturated carbocycles. The van der Waals surface area contributed by atoms with Gasteiger partial charge in [0.2, 0.25) is 0 Å². The second-order valence-corrected chi connectivity index (χ2v) is 12.3. The van der Waals surface area contributed by atoms with Crippen molar-refractivity contribution in [1.82, 2.24) is 9.62 Å². The zero-order valence-electron chi connectivity index (χ0n) is 15.8. The molecule has 1 aromatic rings. The van der Waals surface area contributed by atoms with E-state index in [1.54, 1.807) is 11.1 Å². The first-order chi connectivity index (χ1) is 11.5. The van der Waals surface area contributed by atoms with E-state index in [9.17, 15) is 0 Å². The highest BCUT2D eigenvalue weighted by molar-refractivity contribution is 6.94. The molecule has 3 rings (SSSR count). The van der Waals surface area contributed by atoms with Crippen LogP contribution in [0, 0.1) is 0 Å². The van der Waals surface area contributed by atoms with E-state index in [0.717, 1.165) is 0 Å². The molecule has 0 aromatic heterocycles. The normalized spacial score (nSPS) is 24.2. The maximum atomic E-state index is 2.67. The van der Waals surface area contributed by atoms with Crippen LogP contribution in [0.5, 0.6) is 0 Å². The molecule has 2 nitrogen and oxygen atoms in total. The van der Waals surface area contributed by atoms with Gasteiger partial charge in [-0.25, -0.2) is 0 Å². The summed E-state index contributed by atoms with van der Waals surface area (Å²) >= 11 is 0. The summed E-state index contributed by atoms with van der Waals surface area (Å²) in [4.78, 5) is 4.94. The number of rotatable bonds is 3. The quantitative estimate of drug-likeness (QED) is 0.779. The lowest BCUT2D eigenvalue weighted by atomic mass is 9.70. The molecule has 1 heterocycles. The second-order valence-electron chi connectivity index (χ2n) is 8.03. The van der Waals surface area contributed by atoms with E-state index in [4.69, 9.17) is 0 Å². The van der Waals surface area contributed by atoms with Gasteiger partial charge in [0, 0.05) is 13.1 Å². The van der Waals surface area contributed by atoms with Crippen LogP contribution in [-0.4, -0.2) is 51.9 Å². The Morgan fingerprint density at radius 2 is 1.50 bits per heavy atom. The van der Waals surface area contributed by atoms with Gasteiger partial charge < -0.3 is 9.62 Å². The summed E-state index contributed by atoms with van der Waals surface area (Å²) in [5.41, 5.74) is 5.92. The molecule has 128 valence electrons. The van der Waals surface area contributed by atoms with Crippen molar-refractivity contribution in [1.29, 1.82) is 0 Å². The number of hydrogen-bond donors (Lipinski definition) is 0. The van der Waals surface area contributed by atoms with Crippen molar-refractivity contribution in [2.75, 3.05) is 27.2 Å². The molecule has 4 heteroatoms. The third-order valence-corrected chi connectivity index (χ3v) is 8.56. The second kappa shape index (κ2) is 7.42. The van der Waals surface area contributed by atoms with Gasteiger partial charge in [-0.2, -0.15) is 0 Å². The van der Waals surface area contributed by atoms with E-state index >= 15 is 0 Å². The first kappa shape index (κ1) is 17.7. The molecule has 1 saturated heterocycles. The number of benzene rings is 1. The smallest absolute Gasteiger partial charge is 0.326 e. The lowest BCUT2D eigenvalue weighted by Crippen LogP contribution is -2.40. The number of allylic oxidation sites excluding steroid dienone is 2. The third-order valence-electron chi connectivity index (χ3n) is 5.67. The molecule has 1 aliphatic heterocycles. The maximum absolute atomic E-state index is 2.67. The van der Waals surface area contributed by atoms with E-state index < -0.39 is 8.07 Å². The maximum Gasteiger partial charge on any atom is 0.338 e. The largest absolute Gasteiger partial charge is 0.338 e. The van der Waals surface area contributed by atoms with E-state index in [1.165, 1.54) is 44.0 Å². The van der Waals surface area contributed by atoms with Gasteiger partial charge in [0.15, 0.2) is 0 Å². The molecule has 0 unspecified atom stereocenters. The SMILES string of the molecule is CN1CCN(C)B1C=C1CCCCC1=C[Si](C)(C)c1ccccc1. The Kier molecular flexibility index (Phi) is 5.48. The standard InChI is InChI=1S/C20H31BN2Si/c1-22-14-15-23(2)21(22)16-18-10-8-9-11-19(18)17-24(3,4)20-12-6-5-7-13-20/h5-7,12-13,16-17H,8-11,14-15H2,1-4H3. The first-order valence-electron chi connectivity index (χ1n) is 9.36. The Balaban J connectivity index is 1.89. The molecular weight excluding hydrogens is 307 g/mol. The number of hydrogen-bond acceptors (Lipinski definition) is 2. The van der Waals surface area contributed by atoms with Crippen LogP contribution in [0.3, 0.4) is 0 Å². The Morgan fingerprint density at radius 3 is 2.12 bits per heavy atom. The number of likely N-dealkylation sites (N-methyl/N-ethyl adjacent to an activating group) is 2. The minimum absolute atomic E-state index is 0.475. The molecule has 2 fully saturated rings. The zero-order chi connectivity index (χ0) is 17.2. The fourth-order valence-corrected chi connectivity index (χ4v) is 6.46. The molecule has 1 aliphatic carbocycles. The first-order valence-corrected chi connectivity index (χ1v) is 12.4. The Labute approximate surface area is 149 Å². The lowest BCUT2D eigenvalue weighted by molar-refractivity contribution is 0.553. The van der Waals surface area contributed by atoms with Crippen LogP contribution in [0.4, 0.5) is 0 Å². The van der Waals surface area contributed by atoms with Gasteiger partial charge in [0.1, 0.15) is 8.07 Å². The average molecular weight is 338 g/mol. The molecule has 0 atom stereocenters. The molecule has 0 radical (unpaired) electrons. The summed E-state index contributed by atoms with van der Waals surface area (Å²) in [7, 11) is 2.97. The monoisotopic (exact) mass is 338 g/mol. The van der Waals surface area contributed by atoms with Crippen molar-refractivity contribution in [3.8, 4) is 0 Å². The van der Waals surface area contributed by atoms with Gasteiger partial charge in [-0.15, -0.1) is 0 Å². The summed E-state index contributed by atoms with van der Waals surface area (Å²) in [5, 5.41) is 1.54. The topological polar surface area (TPSA) is 6.48 Å². The van der Waals surface area contributed by atoms with E-state index in [1.807, 2.05) is 0 Å². The van der Waals surface area contributed by atoms with Crippen LogP contribution in [0.25, 0.3) is 0 Å². The lowest BCUT2D eigenvalue weighted by Gasteiger charge is -2.26. The molecule has 1 aromatic carbocycles. The highest BCUT2D eigenvalue weighted by atomic mass is 28.3. The Bertz CT molecular complexity index is 614. The minimum Gasteiger partial charge on any atom is -0.326 e. The van der Waals surface area contributed by atoms with Crippen LogP contribution in [0.15, 0.2) is 53.2 Å². The van der Waals surface area contributed by atoms with Crippen molar-refractivity contribution in [3.05, 3.63) is 53.2 Å². The van der Waals surface area contributed by atoms with Crippen molar-refractivity contribution in [2.45, 2.75) is 38.8 Å². The molecule has 0 spiro atoms. The van der Waals surface area contributed by atoms with Crippen LogP contribution < -0.4 is 5.19 Å². The van der Waals surface area contributed by atoms with Gasteiger partial charge in [-0.05, 0) is 39.8 Å². The van der Waals surface area contributed by atoms with Gasteiger partial charge >= 0.3 is 6.98 Å². The predicted molar refractivity (Wildman–Crippen MR) is 109 cm³/mol. The fourth-order valence-electron chi connectivity index (χ4n) is 4.04. The van der Waals surface area contributed by atoms with E-state index in [-0.39, 0.29) is 0 Å². The van der Waals surface area contributed by atoms with Gasteiger partial charge in [-0.3, -0.25) is 0 Å². The molecule has 0 bridgehead atoms. The van der Waals surface area contributed by atoms with Crippen molar-refractivity contribution < 1.29 is 0 Å². The Hall–Kier alpha value is -1.10. The zero-order valence-corrected chi connectivity index (χ0v) is 16.8. The third kappa shape index (κ3) is 3.93. The van der Waals surface area contributed by atoms with Crippen molar-refractivity contribution in [2.24, 2.45) is 0 Å². The molecule has 24 heavy (non-hydrogen) atoms. The van der Waals surface area contributed by atoms with Crippen LogP contribution in [-0.2, 0) is 0 Å². The Morgan fingerprint density at radius 1 is 0.917 bits per heavy atom. The minimum atomic E-state index is -1.53. The van der Waals surface area contributed by atoms with Gasteiger partial charge in [-0.1, -0.05) is 71.4 Å². The summed E-state index contributed by atoms with van der Waals surface area (Å²) in [6, 6.07) is 11.1. The van der Waals surface area contributed by atoms with Crippen LogP contribution in [0.2, 0.25) is 13.1 Å². The molecule has 0 amide bonds. The summed E-state index contributed by atoms with van der Waals surface area (Å²) < 4.78 is 0. The van der Waals surface area contributed by atoms with Gasteiger partial charge in [0.25, 0.3) is 0 Å². The molecule has 0 N–H and O–H groups in total. The van der Waals surface area contributed by atoms with E-state index in [0.29, 0.717) is 6.98 Å². The van der Waals surface area contributed by atoms with Crippen LogP contribution >= 0.6 is 0 Å². The van der Waals surface area contributed by atoms with Gasteiger partial charge in [0.05, 0.1) is 0 Å². The highest BCUT2D eigenvalue weighted by Crippen LogP contribution is 2.31. The van der Waals surface area contributed by atoms with Crippen molar-refractivity contribution >= 4 is 20.2 Å². The number of nitrogens with zero attached hydrogens (tertiary/aromatic N) is 2. The average Bonchev–Trinajstić information content (AvgIpc) is 2.89. The summed E-state index contributed by atoms with van der Waals surface area (Å²) in [6.07, 6.45) is 5.20. The van der Waals surface area contributed by atoms with E-state index in [2.05, 4.69) is 78.8 Å². The highest BCUT2D eigenvalue weighted by Gasteiger charge is 2.31. The summed E-state index contributed by atoms with van der Waals surface area (Å²) in [5.74, 6) is 2.55. The summed E-state index contributed by atoms with van der Waals surface area (Å²) in [6.45, 7) is 7.79. The predicted octanol–water partition coefficient (Wildman–Crippen LogP) is 3.47. The fraction of sp³-hybridized carbons (Fsp3) is 0.500. The van der Waals surface area contributed by atoms with Crippen molar-refractivity contribution in [3.63, 3.8) is 0 Å². The molecular formula is C20H31BN2Si.